The van der Waals surface area contributed by atoms with Crippen molar-refractivity contribution >= 4 is 16.8 Å². The van der Waals surface area contributed by atoms with E-state index in [1.807, 2.05) is 18.3 Å². The summed E-state index contributed by atoms with van der Waals surface area (Å²) in [6, 6.07) is 12.4. The second-order valence-corrected chi connectivity index (χ2v) is 7.39. The van der Waals surface area contributed by atoms with E-state index in [4.69, 9.17) is 4.74 Å². The largest absolute Gasteiger partial charge is 0.374 e. The van der Waals surface area contributed by atoms with Gasteiger partial charge in [-0.25, -0.2) is 4.98 Å². The van der Waals surface area contributed by atoms with Gasteiger partial charge in [0.05, 0.1) is 24.4 Å². The lowest BCUT2D eigenvalue weighted by molar-refractivity contribution is 0.0422. The third-order valence-corrected chi connectivity index (χ3v) is 5.80. The number of ether oxygens (including phenoxy) is 1. The summed E-state index contributed by atoms with van der Waals surface area (Å²) >= 11 is 0. The molecule has 0 radical (unpaired) electrons. The first kappa shape index (κ1) is 16.4. The summed E-state index contributed by atoms with van der Waals surface area (Å²) in [5.74, 6) is 1.95. The van der Waals surface area contributed by atoms with Crippen molar-refractivity contribution in [2.24, 2.45) is 5.92 Å². The fourth-order valence-electron chi connectivity index (χ4n) is 4.40. The minimum absolute atomic E-state index is 0.260. The van der Waals surface area contributed by atoms with Crippen LogP contribution in [0.4, 0.5) is 0 Å². The molecule has 3 atom stereocenters. The Morgan fingerprint density at radius 1 is 1.15 bits per heavy atom. The molecule has 0 spiro atoms. The number of fused-ring (bicyclic) bond motifs is 3. The highest BCUT2D eigenvalue weighted by Crippen LogP contribution is 2.42. The number of nitrogens with one attached hydrogen (secondary N) is 1. The van der Waals surface area contributed by atoms with Crippen molar-refractivity contribution < 1.29 is 4.74 Å². The second kappa shape index (κ2) is 6.78. The van der Waals surface area contributed by atoms with Gasteiger partial charge in [-0.2, -0.15) is 0 Å². The summed E-state index contributed by atoms with van der Waals surface area (Å²) < 4.78 is 8.42. The lowest BCUT2D eigenvalue weighted by atomic mass is 9.93. The van der Waals surface area contributed by atoms with Crippen LogP contribution in [0.1, 0.15) is 43.5 Å². The lowest BCUT2D eigenvalue weighted by Gasteiger charge is -2.15. The molecule has 3 aromatic heterocycles. The maximum Gasteiger partial charge on any atom is 0.179 e. The van der Waals surface area contributed by atoms with Crippen molar-refractivity contribution in [3.8, 4) is 0 Å². The van der Waals surface area contributed by atoms with Crippen LogP contribution >= 0.6 is 0 Å². The molecule has 27 heavy (non-hydrogen) atoms. The molecular formula is C21H23N5O. The van der Waals surface area contributed by atoms with Crippen molar-refractivity contribution in [1.29, 1.82) is 0 Å². The quantitative estimate of drug-likeness (QED) is 0.581. The van der Waals surface area contributed by atoms with Crippen LogP contribution in [-0.2, 0) is 11.3 Å². The average molecular weight is 361 g/mol. The predicted molar refractivity (Wildman–Crippen MR) is 103 cm³/mol. The van der Waals surface area contributed by atoms with Gasteiger partial charge >= 0.3 is 0 Å². The summed E-state index contributed by atoms with van der Waals surface area (Å²) in [4.78, 5) is 7.60. The highest BCUT2D eigenvalue weighted by atomic mass is 16.5. The second-order valence-electron chi connectivity index (χ2n) is 7.39. The summed E-state index contributed by atoms with van der Waals surface area (Å²) in [7, 11) is 0. The highest BCUT2D eigenvalue weighted by molar-refractivity contribution is 5.74. The molecule has 4 aromatic rings. The van der Waals surface area contributed by atoms with Crippen molar-refractivity contribution in [2.45, 2.75) is 44.8 Å². The third-order valence-electron chi connectivity index (χ3n) is 5.80. The fraction of sp³-hybridized carbons (Fsp3) is 0.381. The minimum atomic E-state index is 0.260. The van der Waals surface area contributed by atoms with Crippen LogP contribution in [-0.4, -0.2) is 30.7 Å². The average Bonchev–Trinajstić information content (AvgIpc) is 3.43. The summed E-state index contributed by atoms with van der Waals surface area (Å²) in [5, 5.41) is 8.94. The van der Waals surface area contributed by atoms with E-state index >= 15 is 0 Å². The van der Waals surface area contributed by atoms with Crippen LogP contribution in [0.3, 0.4) is 0 Å². The van der Waals surface area contributed by atoms with Gasteiger partial charge in [0.25, 0.3) is 0 Å². The number of hydrogen-bond donors (Lipinski definition) is 1. The van der Waals surface area contributed by atoms with Crippen LogP contribution in [0.25, 0.3) is 16.8 Å². The minimum Gasteiger partial charge on any atom is -0.374 e. The zero-order valence-corrected chi connectivity index (χ0v) is 15.4. The van der Waals surface area contributed by atoms with Crippen molar-refractivity contribution in [1.82, 2.24) is 24.6 Å². The molecule has 6 nitrogen and oxygen atoms in total. The molecule has 0 amide bonds. The Labute approximate surface area is 157 Å². The molecule has 1 aliphatic rings. The summed E-state index contributed by atoms with van der Waals surface area (Å²) in [5.41, 5.74) is 3.94. The zero-order valence-electron chi connectivity index (χ0n) is 15.4. The first-order valence-electron chi connectivity index (χ1n) is 9.66. The monoisotopic (exact) mass is 361 g/mol. The summed E-state index contributed by atoms with van der Waals surface area (Å²) in [6.45, 7) is 2.93. The molecule has 6 heteroatoms. The first-order chi connectivity index (χ1) is 13.3. The van der Waals surface area contributed by atoms with Crippen molar-refractivity contribution in [3.05, 3.63) is 60.2 Å². The van der Waals surface area contributed by atoms with Crippen molar-refractivity contribution in [3.63, 3.8) is 0 Å². The van der Waals surface area contributed by atoms with Crippen LogP contribution in [0.5, 0.6) is 0 Å². The van der Waals surface area contributed by atoms with Gasteiger partial charge in [-0.15, -0.1) is 10.2 Å². The molecule has 1 saturated carbocycles. The molecule has 0 aliphatic heterocycles. The smallest absolute Gasteiger partial charge is 0.179 e. The van der Waals surface area contributed by atoms with E-state index in [1.165, 1.54) is 5.56 Å². The molecule has 138 valence electrons. The number of aromatic amines is 1. The van der Waals surface area contributed by atoms with E-state index in [9.17, 15) is 0 Å². The number of nitrogens with zero attached hydrogens (tertiary/aromatic N) is 4. The molecule has 0 unspecified atom stereocenters. The van der Waals surface area contributed by atoms with Gasteiger partial charge in [-0.3, -0.25) is 4.40 Å². The van der Waals surface area contributed by atoms with Crippen molar-refractivity contribution in [2.75, 3.05) is 0 Å². The van der Waals surface area contributed by atoms with Gasteiger partial charge in [-0.1, -0.05) is 43.7 Å². The topological polar surface area (TPSA) is 68.1 Å². The SMILES string of the molecule is CC[C@H]1C[C@@H](OCc2ccccc2)C[C@H]1c1nnc2cnc3[nH]ccc3n12. The van der Waals surface area contributed by atoms with E-state index in [0.717, 1.165) is 41.9 Å². The number of benzene rings is 1. The van der Waals surface area contributed by atoms with Gasteiger partial charge in [0.15, 0.2) is 11.3 Å². The maximum absolute atomic E-state index is 6.26. The van der Waals surface area contributed by atoms with Crippen LogP contribution in [0.15, 0.2) is 48.8 Å². The van der Waals surface area contributed by atoms with Gasteiger partial charge in [0.2, 0.25) is 0 Å². The Hall–Kier alpha value is -2.73. The Bertz CT molecular complexity index is 1050. The Morgan fingerprint density at radius 2 is 2.04 bits per heavy atom. The summed E-state index contributed by atoms with van der Waals surface area (Å²) in [6.07, 6.45) is 7.14. The number of hydrogen-bond acceptors (Lipinski definition) is 4. The van der Waals surface area contributed by atoms with Gasteiger partial charge in [0, 0.05) is 12.1 Å². The van der Waals surface area contributed by atoms with Gasteiger partial charge < -0.3 is 9.72 Å². The molecule has 1 aromatic carbocycles. The normalized spacial score (nSPS) is 22.8. The van der Waals surface area contributed by atoms with Crippen LogP contribution in [0.2, 0.25) is 0 Å². The van der Waals surface area contributed by atoms with Gasteiger partial charge in [-0.05, 0) is 30.4 Å². The molecule has 1 aliphatic carbocycles. The van der Waals surface area contributed by atoms with E-state index in [-0.39, 0.29) is 6.10 Å². The molecule has 1 N–H and O–H groups in total. The zero-order chi connectivity index (χ0) is 18.2. The van der Waals surface area contributed by atoms with E-state index < -0.39 is 0 Å². The van der Waals surface area contributed by atoms with E-state index in [1.54, 1.807) is 6.20 Å². The fourth-order valence-corrected chi connectivity index (χ4v) is 4.40. The van der Waals surface area contributed by atoms with Crippen LogP contribution in [0, 0.1) is 5.92 Å². The molecule has 0 saturated heterocycles. The molecule has 3 heterocycles. The van der Waals surface area contributed by atoms with E-state index in [0.29, 0.717) is 18.4 Å². The Kier molecular flexibility index (Phi) is 4.13. The van der Waals surface area contributed by atoms with Crippen LogP contribution < -0.4 is 0 Å². The lowest BCUT2D eigenvalue weighted by Crippen LogP contribution is -2.10. The number of aromatic nitrogens is 5. The number of H-pyrrole nitrogens is 1. The third kappa shape index (κ3) is 2.90. The molecule has 1 fully saturated rings. The Morgan fingerprint density at radius 3 is 2.89 bits per heavy atom. The highest BCUT2D eigenvalue weighted by Gasteiger charge is 2.37. The van der Waals surface area contributed by atoms with Gasteiger partial charge in [0.1, 0.15) is 5.82 Å². The standard InChI is InChI=1S/C21H23N5O/c1-2-15-10-16(27-13-14-6-4-3-5-7-14)11-17(15)21-25-24-19-12-23-20-18(26(19)21)8-9-22-20/h3-9,12,15-17,22H,2,10-11,13H2,1H3/t15-,16+,17+/m0/s1. The Balaban J connectivity index is 1.42. The predicted octanol–water partition coefficient (Wildman–Crippen LogP) is 4.09. The molecular weight excluding hydrogens is 338 g/mol. The van der Waals surface area contributed by atoms with E-state index in [2.05, 4.69) is 55.8 Å². The first-order valence-corrected chi connectivity index (χ1v) is 9.66. The molecule has 0 bridgehead atoms. The number of rotatable bonds is 5. The molecule has 5 rings (SSSR count). The maximum atomic E-state index is 6.26.